The first-order valence-corrected chi connectivity index (χ1v) is 16.7. The summed E-state index contributed by atoms with van der Waals surface area (Å²) in [5, 5.41) is 37.4. The number of nitriles is 3. The van der Waals surface area contributed by atoms with Gasteiger partial charge < -0.3 is 4.40 Å². The fourth-order valence-electron chi connectivity index (χ4n) is 7.77. The van der Waals surface area contributed by atoms with E-state index in [1.54, 1.807) is 0 Å². The van der Waals surface area contributed by atoms with Gasteiger partial charge in [0.1, 0.15) is 0 Å². The lowest BCUT2D eigenvalue weighted by molar-refractivity contribution is 1.38. The second-order valence-electron chi connectivity index (χ2n) is 13.2. The van der Waals surface area contributed by atoms with Gasteiger partial charge in [-0.3, -0.25) is 0 Å². The van der Waals surface area contributed by atoms with Gasteiger partial charge in [-0.25, -0.2) is 0 Å². The molecule has 10 rings (SSSR count). The van der Waals surface area contributed by atoms with E-state index in [0.717, 1.165) is 66.0 Å². The monoisotopic (exact) mass is 644 g/mol. The molecule has 0 saturated carbocycles. The Morgan fingerprint density at radius 1 is 0.314 bits per heavy atom. The van der Waals surface area contributed by atoms with Gasteiger partial charge >= 0.3 is 0 Å². The summed E-state index contributed by atoms with van der Waals surface area (Å²) in [5.74, 6) is 0. The molecule has 0 spiro atoms. The zero-order valence-corrected chi connectivity index (χ0v) is 27.1. The molecule has 10 aromatic rings. The molecular formula is C47H24N4. The lowest BCUT2D eigenvalue weighted by atomic mass is 9.96. The Hall–Kier alpha value is -7.45. The van der Waals surface area contributed by atoms with Crippen LogP contribution >= 0.6 is 0 Å². The zero-order chi connectivity index (χ0) is 34.2. The number of hydrogen-bond donors (Lipinski definition) is 0. The highest BCUT2D eigenvalue weighted by atomic mass is 14.9. The Bertz CT molecular complexity index is 3000. The summed E-state index contributed by atoms with van der Waals surface area (Å²) in [6.07, 6.45) is 0. The normalized spacial score (nSPS) is 11.5. The molecular weight excluding hydrogens is 621 g/mol. The largest absolute Gasteiger partial charge is 0.308 e. The topological polar surface area (TPSA) is 75.8 Å². The molecule has 0 unspecified atom stereocenters. The Kier molecular flexibility index (Phi) is 6.04. The van der Waals surface area contributed by atoms with Gasteiger partial charge in [-0.2, -0.15) is 15.8 Å². The van der Waals surface area contributed by atoms with E-state index in [2.05, 4.69) is 95.4 Å². The molecule has 0 fully saturated rings. The standard InChI is InChI=1S/C47H24N4/c48-25-28-1-7-31(8-2-28)34-13-15-36-19-41-43-21-40(33-11-5-30(27-50)6-12-33)22-44-42-20-37-16-14-35(32-9-3-29(26-49)4-10-32)18-39(37)24-46(42)51(47(43)44)45(41)23-38(36)17-34/h1-24H. The van der Waals surface area contributed by atoms with E-state index in [1.165, 1.54) is 27.1 Å². The maximum atomic E-state index is 9.43. The summed E-state index contributed by atoms with van der Waals surface area (Å²) in [4.78, 5) is 0. The molecule has 0 aliphatic rings. The molecule has 2 heterocycles. The van der Waals surface area contributed by atoms with Crippen molar-refractivity contribution in [2.24, 2.45) is 0 Å². The predicted octanol–water partition coefficient (Wildman–Crippen LogP) is 11.8. The van der Waals surface area contributed by atoms with Gasteiger partial charge in [0.2, 0.25) is 0 Å². The minimum absolute atomic E-state index is 0.644. The third-order valence-electron chi connectivity index (χ3n) is 10.3. The highest BCUT2D eigenvalue weighted by molar-refractivity contribution is 6.27. The van der Waals surface area contributed by atoms with Crippen LogP contribution in [-0.2, 0) is 0 Å². The molecule has 0 bridgehead atoms. The lowest BCUT2D eigenvalue weighted by Gasteiger charge is -2.08. The zero-order valence-electron chi connectivity index (χ0n) is 27.1. The number of rotatable bonds is 3. The van der Waals surface area contributed by atoms with Crippen LogP contribution < -0.4 is 0 Å². The lowest BCUT2D eigenvalue weighted by Crippen LogP contribution is -1.85. The van der Waals surface area contributed by atoms with Crippen LogP contribution in [0.3, 0.4) is 0 Å². The van der Waals surface area contributed by atoms with Crippen LogP contribution in [0.5, 0.6) is 0 Å². The third kappa shape index (κ3) is 4.37. The molecule has 0 amide bonds. The van der Waals surface area contributed by atoms with Gasteiger partial charge in [-0.1, -0.05) is 60.7 Å². The second kappa shape index (κ2) is 10.8. The molecule has 0 aliphatic heterocycles. The van der Waals surface area contributed by atoms with Crippen molar-refractivity contribution >= 4 is 59.6 Å². The summed E-state index contributed by atoms with van der Waals surface area (Å²) in [7, 11) is 0. The van der Waals surface area contributed by atoms with Crippen molar-refractivity contribution in [1.29, 1.82) is 15.8 Å². The number of fused-ring (bicyclic) bond motifs is 8. The van der Waals surface area contributed by atoms with Crippen LogP contribution in [0.4, 0.5) is 0 Å². The van der Waals surface area contributed by atoms with E-state index in [-0.39, 0.29) is 0 Å². The molecule has 51 heavy (non-hydrogen) atoms. The van der Waals surface area contributed by atoms with E-state index in [9.17, 15) is 15.8 Å². The van der Waals surface area contributed by atoms with E-state index in [1.807, 2.05) is 72.8 Å². The summed E-state index contributed by atoms with van der Waals surface area (Å²) in [5.41, 5.74) is 12.0. The Morgan fingerprint density at radius 2 is 0.686 bits per heavy atom. The molecule has 0 radical (unpaired) electrons. The average molecular weight is 645 g/mol. The first-order valence-electron chi connectivity index (χ1n) is 16.7. The Balaban J connectivity index is 1.26. The van der Waals surface area contributed by atoms with Gasteiger partial charge in [-0.05, 0) is 140 Å². The van der Waals surface area contributed by atoms with Crippen LogP contribution in [-0.4, -0.2) is 4.40 Å². The number of nitrogens with zero attached hydrogens (tertiary/aromatic N) is 4. The van der Waals surface area contributed by atoms with Crippen molar-refractivity contribution in [3.63, 3.8) is 0 Å². The van der Waals surface area contributed by atoms with Crippen molar-refractivity contribution in [3.05, 3.63) is 162 Å². The van der Waals surface area contributed by atoms with E-state index in [4.69, 9.17) is 0 Å². The predicted molar refractivity (Wildman–Crippen MR) is 207 cm³/mol. The summed E-state index contributed by atoms with van der Waals surface area (Å²) in [6.45, 7) is 0. The summed E-state index contributed by atoms with van der Waals surface area (Å²) in [6, 6.07) is 57.0. The molecule has 4 heteroatoms. The summed E-state index contributed by atoms with van der Waals surface area (Å²) >= 11 is 0. The molecule has 4 nitrogen and oxygen atoms in total. The van der Waals surface area contributed by atoms with Gasteiger partial charge in [0.15, 0.2) is 0 Å². The molecule has 0 saturated heterocycles. The van der Waals surface area contributed by atoms with Crippen LogP contribution in [0.1, 0.15) is 16.7 Å². The van der Waals surface area contributed by atoms with Crippen molar-refractivity contribution in [2.45, 2.75) is 0 Å². The Morgan fingerprint density at radius 3 is 1.08 bits per heavy atom. The van der Waals surface area contributed by atoms with Gasteiger partial charge in [0, 0.05) is 21.5 Å². The fraction of sp³-hybridized carbons (Fsp3) is 0. The van der Waals surface area contributed by atoms with Crippen LogP contribution in [0, 0.1) is 34.0 Å². The SMILES string of the molecule is N#Cc1ccc(-c2ccc3cc4c5cc(-c6ccc(C#N)cc6)cc6c7cc8ccc(-c9ccc(C#N)cc9)cc8cc7n(c4cc3c2)c56)cc1. The Labute approximate surface area is 292 Å². The molecule has 8 aromatic carbocycles. The maximum Gasteiger partial charge on any atom is 0.0991 e. The van der Waals surface area contributed by atoms with Crippen molar-refractivity contribution in [3.8, 4) is 51.6 Å². The highest BCUT2D eigenvalue weighted by Crippen LogP contribution is 2.44. The van der Waals surface area contributed by atoms with Crippen molar-refractivity contribution < 1.29 is 0 Å². The van der Waals surface area contributed by atoms with Crippen LogP contribution in [0.15, 0.2) is 146 Å². The van der Waals surface area contributed by atoms with E-state index in [0.29, 0.717) is 16.7 Å². The van der Waals surface area contributed by atoms with E-state index < -0.39 is 0 Å². The minimum atomic E-state index is 0.644. The fourth-order valence-corrected chi connectivity index (χ4v) is 7.77. The number of hydrogen-bond acceptors (Lipinski definition) is 3. The minimum Gasteiger partial charge on any atom is -0.308 e. The number of aromatic nitrogens is 1. The highest BCUT2D eigenvalue weighted by Gasteiger charge is 2.20. The maximum absolute atomic E-state index is 9.43. The molecule has 0 N–H and O–H groups in total. The molecule has 0 atom stereocenters. The second-order valence-corrected chi connectivity index (χ2v) is 13.2. The van der Waals surface area contributed by atoms with Crippen LogP contribution in [0.25, 0.3) is 93.0 Å². The van der Waals surface area contributed by atoms with Gasteiger partial charge in [0.05, 0.1) is 51.4 Å². The molecule has 2 aromatic heterocycles. The van der Waals surface area contributed by atoms with Gasteiger partial charge in [0.25, 0.3) is 0 Å². The quantitative estimate of drug-likeness (QED) is 0.192. The third-order valence-corrected chi connectivity index (χ3v) is 10.3. The first-order chi connectivity index (χ1) is 25.1. The molecule has 0 aliphatic carbocycles. The van der Waals surface area contributed by atoms with Gasteiger partial charge in [-0.15, -0.1) is 0 Å². The average Bonchev–Trinajstić information content (AvgIpc) is 3.69. The van der Waals surface area contributed by atoms with Crippen LogP contribution in [0.2, 0.25) is 0 Å². The molecule has 232 valence electrons. The van der Waals surface area contributed by atoms with Crippen molar-refractivity contribution in [2.75, 3.05) is 0 Å². The first kappa shape index (κ1) is 28.6. The van der Waals surface area contributed by atoms with Crippen molar-refractivity contribution in [1.82, 2.24) is 4.40 Å². The van der Waals surface area contributed by atoms with E-state index >= 15 is 0 Å². The summed E-state index contributed by atoms with van der Waals surface area (Å²) < 4.78 is 2.43. The smallest absolute Gasteiger partial charge is 0.0991 e. The number of benzene rings is 8.